The molecule has 0 unspecified atom stereocenters. The third-order valence-corrected chi connectivity index (χ3v) is 5.84. The van der Waals surface area contributed by atoms with Crippen LogP contribution in [0.1, 0.15) is 12.8 Å². The van der Waals surface area contributed by atoms with Gasteiger partial charge in [0, 0.05) is 18.8 Å². The van der Waals surface area contributed by atoms with Crippen LogP contribution in [0.15, 0.2) is 72.9 Å². The van der Waals surface area contributed by atoms with Crippen molar-refractivity contribution in [2.24, 2.45) is 7.05 Å². The Morgan fingerprint density at radius 1 is 1.00 bits per heavy atom. The molecule has 5 rings (SSSR count). The van der Waals surface area contributed by atoms with Crippen LogP contribution in [0.3, 0.4) is 0 Å². The Kier molecular flexibility index (Phi) is 5.66. The maximum Gasteiger partial charge on any atom is 0.249 e. The number of amides is 1. The molecule has 1 saturated heterocycles. The summed E-state index contributed by atoms with van der Waals surface area (Å²) in [5.74, 6) is 0.0659. The Labute approximate surface area is 190 Å². The maximum absolute atomic E-state index is 13.4. The summed E-state index contributed by atoms with van der Waals surface area (Å²) < 4.78 is 15.1. The molecule has 0 aliphatic carbocycles. The summed E-state index contributed by atoms with van der Waals surface area (Å²) in [6.45, 7) is 0.818. The summed E-state index contributed by atoms with van der Waals surface area (Å²) in [5.41, 5.74) is 4.06. The van der Waals surface area contributed by atoms with Crippen LogP contribution in [-0.4, -0.2) is 38.5 Å². The number of carbonyl (C=O) groups excluding carboxylic acids is 1. The first-order chi connectivity index (χ1) is 16.1. The molecule has 3 heterocycles. The number of rotatable bonds is 5. The zero-order chi connectivity index (χ0) is 22.8. The Morgan fingerprint density at radius 2 is 1.76 bits per heavy atom. The van der Waals surface area contributed by atoms with Gasteiger partial charge in [0.05, 0.1) is 23.1 Å². The van der Waals surface area contributed by atoms with Crippen LogP contribution in [0, 0.1) is 5.82 Å². The van der Waals surface area contributed by atoms with Gasteiger partial charge in [-0.25, -0.2) is 4.39 Å². The van der Waals surface area contributed by atoms with Gasteiger partial charge in [0.2, 0.25) is 5.91 Å². The van der Waals surface area contributed by atoms with Crippen molar-refractivity contribution in [1.29, 1.82) is 0 Å². The van der Waals surface area contributed by atoms with Gasteiger partial charge in [-0.05, 0) is 79.5 Å². The van der Waals surface area contributed by atoms with Crippen LogP contribution in [0.2, 0.25) is 0 Å². The fourth-order valence-electron chi connectivity index (χ4n) is 4.08. The highest BCUT2D eigenvalue weighted by atomic mass is 19.1. The highest BCUT2D eigenvalue weighted by Gasteiger charge is 2.30. The molecule has 1 atom stereocenters. The lowest BCUT2D eigenvalue weighted by atomic mass is 10.1. The van der Waals surface area contributed by atoms with Crippen molar-refractivity contribution in [2.75, 3.05) is 11.4 Å². The van der Waals surface area contributed by atoms with Gasteiger partial charge < -0.3 is 5.32 Å². The van der Waals surface area contributed by atoms with E-state index in [-0.39, 0.29) is 17.8 Å². The van der Waals surface area contributed by atoms with Gasteiger partial charge in [0.1, 0.15) is 5.82 Å². The molecule has 166 valence electrons. The Balaban J connectivity index is 1.49. The fraction of sp³-hybridized carbons (Fsp3) is 0.200. The van der Waals surface area contributed by atoms with Crippen molar-refractivity contribution >= 4 is 17.4 Å². The number of halogens is 1. The van der Waals surface area contributed by atoms with E-state index in [2.05, 4.69) is 20.6 Å². The molecule has 2 aromatic carbocycles. The normalized spacial score (nSPS) is 15.5. The first-order valence-corrected chi connectivity index (χ1v) is 10.9. The molecular weight excluding hydrogens is 419 g/mol. The first kappa shape index (κ1) is 21.0. The predicted molar refractivity (Wildman–Crippen MR) is 124 cm³/mol. The minimum absolute atomic E-state index is 0.0652. The highest BCUT2D eigenvalue weighted by Crippen LogP contribution is 2.29. The zero-order valence-electron chi connectivity index (χ0n) is 18.1. The van der Waals surface area contributed by atoms with Crippen molar-refractivity contribution < 1.29 is 9.18 Å². The Bertz CT molecular complexity index is 1250. The maximum atomic E-state index is 13.4. The molecule has 7 nitrogen and oxygen atoms in total. The van der Waals surface area contributed by atoms with E-state index in [0.29, 0.717) is 17.2 Å². The molecule has 8 heteroatoms. The van der Waals surface area contributed by atoms with Gasteiger partial charge in [-0.2, -0.15) is 5.10 Å². The average Bonchev–Trinajstić information content (AvgIpc) is 3.53. The van der Waals surface area contributed by atoms with Gasteiger partial charge in [-0.15, -0.1) is 10.2 Å². The number of aryl methyl sites for hydroxylation is 1. The topological polar surface area (TPSA) is 75.9 Å². The van der Waals surface area contributed by atoms with Crippen molar-refractivity contribution in [1.82, 2.24) is 25.3 Å². The van der Waals surface area contributed by atoms with E-state index < -0.39 is 0 Å². The van der Waals surface area contributed by atoms with Crippen LogP contribution >= 0.6 is 0 Å². The van der Waals surface area contributed by atoms with Gasteiger partial charge in [-0.3, -0.25) is 14.4 Å². The van der Waals surface area contributed by atoms with E-state index in [1.54, 1.807) is 40.0 Å². The van der Waals surface area contributed by atoms with Crippen molar-refractivity contribution in [3.63, 3.8) is 0 Å². The second-order valence-corrected chi connectivity index (χ2v) is 7.99. The lowest BCUT2D eigenvalue weighted by Gasteiger charge is -2.25. The summed E-state index contributed by atoms with van der Waals surface area (Å²) in [6.07, 6.45) is 3.49. The molecule has 0 spiro atoms. The quantitative estimate of drug-likeness (QED) is 0.504. The SMILES string of the molecule is Cn1nccc1-c1ccc(N(C(=O)[C@@H]2CCCN2)c2ccc(-c3ccc(F)cc3)nn2)cc1. The van der Waals surface area contributed by atoms with Crippen molar-refractivity contribution in [3.8, 4) is 22.5 Å². The lowest BCUT2D eigenvalue weighted by Crippen LogP contribution is -2.41. The van der Waals surface area contributed by atoms with Crippen LogP contribution in [0.4, 0.5) is 15.9 Å². The minimum atomic E-state index is -0.307. The van der Waals surface area contributed by atoms with Crippen molar-refractivity contribution in [2.45, 2.75) is 18.9 Å². The molecule has 33 heavy (non-hydrogen) atoms. The van der Waals surface area contributed by atoms with E-state index in [4.69, 9.17) is 0 Å². The number of hydrogen-bond acceptors (Lipinski definition) is 5. The van der Waals surface area contributed by atoms with E-state index >= 15 is 0 Å². The summed E-state index contributed by atoms with van der Waals surface area (Å²) >= 11 is 0. The molecule has 0 bridgehead atoms. The fourth-order valence-corrected chi connectivity index (χ4v) is 4.08. The summed E-state index contributed by atoms with van der Waals surface area (Å²) in [5, 5.41) is 16.2. The van der Waals surface area contributed by atoms with Crippen LogP contribution < -0.4 is 10.2 Å². The molecule has 0 radical (unpaired) electrons. The summed E-state index contributed by atoms with van der Waals surface area (Å²) in [7, 11) is 1.89. The number of nitrogens with one attached hydrogen (secondary N) is 1. The third kappa shape index (κ3) is 4.25. The second-order valence-electron chi connectivity index (χ2n) is 7.99. The largest absolute Gasteiger partial charge is 0.306 e. The van der Waals surface area contributed by atoms with E-state index in [0.717, 1.165) is 36.2 Å². The highest BCUT2D eigenvalue weighted by molar-refractivity contribution is 6.03. The molecule has 1 aliphatic rings. The smallest absolute Gasteiger partial charge is 0.249 e. The molecule has 0 saturated carbocycles. The number of carbonyl (C=O) groups is 1. The monoisotopic (exact) mass is 442 g/mol. The molecule has 1 fully saturated rings. The lowest BCUT2D eigenvalue weighted by molar-refractivity contribution is -0.119. The van der Waals surface area contributed by atoms with Crippen LogP contribution in [0.25, 0.3) is 22.5 Å². The number of nitrogens with zero attached hydrogens (tertiary/aromatic N) is 5. The average molecular weight is 442 g/mol. The minimum Gasteiger partial charge on any atom is -0.306 e. The molecule has 4 aromatic rings. The number of aromatic nitrogens is 4. The van der Waals surface area contributed by atoms with E-state index in [1.807, 2.05) is 37.4 Å². The van der Waals surface area contributed by atoms with Gasteiger partial charge >= 0.3 is 0 Å². The molecular formula is C25H23FN6O. The number of hydrogen-bond donors (Lipinski definition) is 1. The Hall–Kier alpha value is -3.91. The molecule has 2 aromatic heterocycles. The van der Waals surface area contributed by atoms with E-state index in [1.165, 1.54) is 12.1 Å². The molecule has 1 amide bonds. The van der Waals surface area contributed by atoms with Gasteiger partial charge in [-0.1, -0.05) is 12.1 Å². The number of anilines is 2. The molecule has 1 N–H and O–H groups in total. The first-order valence-electron chi connectivity index (χ1n) is 10.9. The Morgan fingerprint density at radius 3 is 2.36 bits per heavy atom. The summed E-state index contributed by atoms with van der Waals surface area (Å²) in [4.78, 5) is 15.1. The van der Waals surface area contributed by atoms with E-state index in [9.17, 15) is 9.18 Å². The van der Waals surface area contributed by atoms with Gasteiger partial charge in [0.25, 0.3) is 0 Å². The zero-order valence-corrected chi connectivity index (χ0v) is 18.1. The number of benzene rings is 2. The standard InChI is InChI=1S/C25H23FN6O/c1-31-23(14-16-28-31)18-6-10-20(11-7-18)32(25(33)22-3-2-15-27-22)24-13-12-21(29-30-24)17-4-8-19(26)9-5-17/h4-14,16,22,27H,2-3,15H2,1H3/t22-/m0/s1. The third-order valence-electron chi connectivity index (χ3n) is 5.84. The van der Waals surface area contributed by atoms with Crippen LogP contribution in [0.5, 0.6) is 0 Å². The second kappa shape index (κ2) is 8.91. The molecule has 1 aliphatic heterocycles. The van der Waals surface area contributed by atoms with Crippen molar-refractivity contribution in [3.05, 3.63) is 78.7 Å². The van der Waals surface area contributed by atoms with Crippen LogP contribution in [-0.2, 0) is 11.8 Å². The summed E-state index contributed by atoms with van der Waals surface area (Å²) in [6, 6.07) is 19.1. The van der Waals surface area contributed by atoms with Gasteiger partial charge in [0.15, 0.2) is 5.82 Å². The predicted octanol–water partition coefficient (Wildman–Crippen LogP) is 4.10.